The van der Waals surface area contributed by atoms with Gasteiger partial charge in [-0.2, -0.15) is 10.4 Å². The van der Waals surface area contributed by atoms with Crippen molar-refractivity contribution >= 4 is 5.91 Å². The van der Waals surface area contributed by atoms with Crippen LogP contribution in [0.1, 0.15) is 23.9 Å². The Morgan fingerprint density at radius 3 is 2.81 bits per heavy atom. The van der Waals surface area contributed by atoms with Gasteiger partial charge in [0.05, 0.1) is 36.7 Å². The lowest BCUT2D eigenvalue weighted by Gasteiger charge is -2.09. The molecule has 1 amide bonds. The fourth-order valence-electron chi connectivity index (χ4n) is 2.51. The van der Waals surface area contributed by atoms with Crippen molar-refractivity contribution < 1.29 is 4.79 Å². The van der Waals surface area contributed by atoms with Crippen molar-refractivity contribution in [3.8, 4) is 11.9 Å². The second kappa shape index (κ2) is 5.29. The van der Waals surface area contributed by atoms with Gasteiger partial charge in [0.25, 0.3) is 0 Å². The highest BCUT2D eigenvalue weighted by atomic mass is 16.1. The number of fused-ring (bicyclic) bond motifs is 1. The lowest BCUT2D eigenvalue weighted by molar-refractivity contribution is -0.119. The summed E-state index contributed by atoms with van der Waals surface area (Å²) < 4.78 is 1.86. The zero-order chi connectivity index (χ0) is 14.8. The van der Waals surface area contributed by atoms with Crippen LogP contribution in [0.2, 0.25) is 0 Å². The molecule has 0 spiro atoms. The average Bonchev–Trinajstić information content (AvgIpc) is 3.04. The third-order valence-corrected chi connectivity index (χ3v) is 3.51. The van der Waals surface area contributed by atoms with Crippen LogP contribution < -0.4 is 5.32 Å². The molecule has 1 aliphatic rings. The summed E-state index contributed by atoms with van der Waals surface area (Å²) >= 11 is 0. The van der Waals surface area contributed by atoms with Gasteiger partial charge in [-0.05, 0) is 12.1 Å². The standard InChI is InChI=1S/C15H15N5O/c1-11(21)17-7-14-13-8-19(10-16)9-15(13)20(18-14)12-5-3-2-4-6-12/h2-6H,7-9H2,1H3,(H,17,21). The van der Waals surface area contributed by atoms with Gasteiger partial charge in [0, 0.05) is 12.5 Å². The molecule has 0 unspecified atom stereocenters. The van der Waals surface area contributed by atoms with E-state index in [1.165, 1.54) is 6.92 Å². The van der Waals surface area contributed by atoms with Crippen molar-refractivity contribution in [2.24, 2.45) is 0 Å². The molecule has 1 aromatic heterocycles. The number of hydrogen-bond acceptors (Lipinski definition) is 4. The minimum absolute atomic E-state index is 0.0897. The molecule has 21 heavy (non-hydrogen) atoms. The van der Waals surface area contributed by atoms with Crippen LogP contribution in [0, 0.1) is 11.5 Å². The van der Waals surface area contributed by atoms with E-state index >= 15 is 0 Å². The molecule has 106 valence electrons. The Morgan fingerprint density at radius 2 is 2.14 bits per heavy atom. The first-order valence-electron chi connectivity index (χ1n) is 6.73. The number of para-hydroxylation sites is 1. The fourth-order valence-corrected chi connectivity index (χ4v) is 2.51. The van der Waals surface area contributed by atoms with E-state index in [0.717, 1.165) is 22.6 Å². The summed E-state index contributed by atoms with van der Waals surface area (Å²) in [5.74, 6) is -0.0897. The second-order valence-corrected chi connectivity index (χ2v) is 4.99. The van der Waals surface area contributed by atoms with E-state index in [4.69, 9.17) is 5.26 Å². The second-order valence-electron chi connectivity index (χ2n) is 4.99. The van der Waals surface area contributed by atoms with E-state index < -0.39 is 0 Å². The monoisotopic (exact) mass is 281 g/mol. The topological polar surface area (TPSA) is 74.0 Å². The molecule has 0 fully saturated rings. The van der Waals surface area contributed by atoms with E-state index in [9.17, 15) is 4.79 Å². The molecule has 2 heterocycles. The van der Waals surface area contributed by atoms with Gasteiger partial charge in [-0.15, -0.1) is 0 Å². The van der Waals surface area contributed by atoms with Crippen LogP contribution in [0.5, 0.6) is 0 Å². The van der Waals surface area contributed by atoms with Gasteiger partial charge in [0.2, 0.25) is 5.91 Å². The molecule has 6 heteroatoms. The highest BCUT2D eigenvalue weighted by Gasteiger charge is 2.27. The minimum Gasteiger partial charge on any atom is -0.351 e. The predicted molar refractivity (Wildman–Crippen MR) is 75.9 cm³/mol. The first kappa shape index (κ1) is 13.2. The van der Waals surface area contributed by atoms with Gasteiger partial charge < -0.3 is 10.2 Å². The van der Waals surface area contributed by atoms with Crippen LogP contribution >= 0.6 is 0 Å². The Morgan fingerprint density at radius 1 is 1.38 bits per heavy atom. The van der Waals surface area contributed by atoms with Gasteiger partial charge in [-0.25, -0.2) is 4.68 Å². The van der Waals surface area contributed by atoms with E-state index in [0.29, 0.717) is 19.6 Å². The SMILES string of the molecule is CC(=O)NCc1nn(-c2ccccc2)c2c1CN(C#N)C2. The minimum atomic E-state index is -0.0897. The number of nitrogens with zero attached hydrogens (tertiary/aromatic N) is 4. The fraction of sp³-hybridized carbons (Fsp3) is 0.267. The zero-order valence-electron chi connectivity index (χ0n) is 11.7. The van der Waals surface area contributed by atoms with Crippen LogP contribution in [0.25, 0.3) is 5.69 Å². The molecule has 0 bridgehead atoms. The molecule has 0 saturated heterocycles. The molecule has 2 aromatic rings. The number of amides is 1. The summed E-state index contributed by atoms with van der Waals surface area (Å²) in [4.78, 5) is 12.8. The van der Waals surface area contributed by atoms with Gasteiger partial charge in [0.1, 0.15) is 0 Å². The molecule has 0 saturated carbocycles. The third-order valence-electron chi connectivity index (χ3n) is 3.51. The Hall–Kier alpha value is -2.81. The summed E-state index contributed by atoms with van der Waals surface area (Å²) in [7, 11) is 0. The largest absolute Gasteiger partial charge is 0.351 e. The maximum atomic E-state index is 11.1. The molecular weight excluding hydrogens is 266 g/mol. The van der Waals surface area contributed by atoms with E-state index in [1.807, 2.05) is 35.0 Å². The average molecular weight is 281 g/mol. The summed E-state index contributed by atoms with van der Waals surface area (Å²) in [6, 6.07) is 9.81. The van der Waals surface area contributed by atoms with Crippen LogP contribution in [-0.4, -0.2) is 20.6 Å². The number of aromatic nitrogens is 2. The molecule has 1 aromatic carbocycles. The quantitative estimate of drug-likeness (QED) is 0.861. The van der Waals surface area contributed by atoms with Crippen molar-refractivity contribution in [3.05, 3.63) is 47.3 Å². The van der Waals surface area contributed by atoms with Gasteiger partial charge >= 0.3 is 0 Å². The maximum Gasteiger partial charge on any atom is 0.217 e. The van der Waals surface area contributed by atoms with Crippen molar-refractivity contribution in [2.45, 2.75) is 26.6 Å². The van der Waals surface area contributed by atoms with Crippen LogP contribution in [0.15, 0.2) is 30.3 Å². The van der Waals surface area contributed by atoms with Crippen molar-refractivity contribution in [3.63, 3.8) is 0 Å². The molecular formula is C15H15N5O. The zero-order valence-corrected chi connectivity index (χ0v) is 11.7. The number of carbonyl (C=O) groups excluding carboxylic acids is 1. The van der Waals surface area contributed by atoms with Gasteiger partial charge in [-0.3, -0.25) is 4.79 Å². The van der Waals surface area contributed by atoms with Crippen LogP contribution in [0.4, 0.5) is 0 Å². The molecule has 3 rings (SSSR count). The number of benzene rings is 1. The Kier molecular flexibility index (Phi) is 3.32. The Balaban J connectivity index is 2.01. The summed E-state index contributed by atoms with van der Waals surface area (Å²) in [5, 5.41) is 16.5. The normalized spacial score (nSPS) is 12.9. The van der Waals surface area contributed by atoms with E-state index in [1.54, 1.807) is 4.90 Å². The number of hydrogen-bond donors (Lipinski definition) is 1. The van der Waals surface area contributed by atoms with Crippen LogP contribution in [-0.2, 0) is 24.4 Å². The predicted octanol–water partition coefficient (Wildman–Crippen LogP) is 1.31. The highest BCUT2D eigenvalue weighted by Crippen LogP contribution is 2.27. The summed E-state index contributed by atoms with van der Waals surface area (Å²) in [6.07, 6.45) is 2.17. The summed E-state index contributed by atoms with van der Waals surface area (Å²) in [5.41, 5.74) is 3.83. The molecule has 0 radical (unpaired) electrons. The van der Waals surface area contributed by atoms with E-state index in [2.05, 4.69) is 16.6 Å². The first-order chi connectivity index (χ1) is 10.2. The van der Waals surface area contributed by atoms with Crippen molar-refractivity contribution in [1.82, 2.24) is 20.0 Å². The Labute approximate surface area is 122 Å². The molecule has 6 nitrogen and oxygen atoms in total. The smallest absolute Gasteiger partial charge is 0.217 e. The molecule has 0 aliphatic carbocycles. The number of nitriles is 1. The lowest BCUT2D eigenvalue weighted by atomic mass is 10.2. The van der Waals surface area contributed by atoms with Gasteiger partial charge in [0.15, 0.2) is 6.19 Å². The number of nitrogens with one attached hydrogen (secondary N) is 1. The summed E-state index contributed by atoms with van der Waals surface area (Å²) in [6.45, 7) is 2.97. The molecule has 1 aliphatic heterocycles. The van der Waals surface area contributed by atoms with Crippen molar-refractivity contribution in [1.29, 1.82) is 5.26 Å². The first-order valence-corrected chi connectivity index (χ1v) is 6.73. The van der Waals surface area contributed by atoms with Crippen molar-refractivity contribution in [2.75, 3.05) is 0 Å². The Bertz CT molecular complexity index is 714. The number of rotatable bonds is 3. The number of carbonyl (C=O) groups is 1. The highest BCUT2D eigenvalue weighted by molar-refractivity contribution is 5.72. The van der Waals surface area contributed by atoms with Crippen LogP contribution in [0.3, 0.4) is 0 Å². The maximum absolute atomic E-state index is 11.1. The van der Waals surface area contributed by atoms with E-state index in [-0.39, 0.29) is 5.91 Å². The molecule has 0 atom stereocenters. The van der Waals surface area contributed by atoms with Gasteiger partial charge in [-0.1, -0.05) is 18.2 Å². The molecule has 1 N–H and O–H groups in total. The lowest BCUT2D eigenvalue weighted by Crippen LogP contribution is -2.20. The third kappa shape index (κ3) is 2.46.